The fourth-order valence-electron chi connectivity index (χ4n) is 3.08. The first-order chi connectivity index (χ1) is 16.7. The van der Waals surface area contributed by atoms with Crippen molar-refractivity contribution in [3.63, 3.8) is 0 Å². The summed E-state index contributed by atoms with van der Waals surface area (Å²) in [7, 11) is -4.08. The van der Waals surface area contributed by atoms with Crippen molar-refractivity contribution in [2.75, 3.05) is 13.2 Å². The van der Waals surface area contributed by atoms with Crippen molar-refractivity contribution in [1.82, 2.24) is 9.73 Å². The summed E-state index contributed by atoms with van der Waals surface area (Å²) >= 11 is 12.1. The van der Waals surface area contributed by atoms with E-state index in [0.717, 1.165) is 4.31 Å². The van der Waals surface area contributed by atoms with Gasteiger partial charge in [0.15, 0.2) is 11.5 Å². The molecule has 3 aromatic carbocycles. The van der Waals surface area contributed by atoms with E-state index in [1.807, 2.05) is 0 Å². The highest BCUT2D eigenvalue weighted by Gasteiger charge is 2.27. The molecule has 0 bridgehead atoms. The quantitative estimate of drug-likeness (QED) is 0.294. The van der Waals surface area contributed by atoms with Crippen LogP contribution in [0.3, 0.4) is 0 Å². The van der Waals surface area contributed by atoms with E-state index in [9.17, 15) is 18.3 Å². The first-order valence-electron chi connectivity index (χ1n) is 10.5. The standard InChI is InChI=1S/C24H23Cl2N3O5S/c1-2-34-22-9-5-7-17(24(22)31)14-27-28-23(30)16-29(15-18-6-3-4-8-21(18)26)35(32,33)20-12-10-19(25)11-13-20/h3-14,31H,2,15-16H2,1H3,(H,28,30)/b27-14-. The topological polar surface area (TPSA) is 108 Å². The zero-order valence-corrected chi connectivity index (χ0v) is 21.0. The first-order valence-corrected chi connectivity index (χ1v) is 12.7. The third-order valence-electron chi connectivity index (χ3n) is 4.80. The van der Waals surface area contributed by atoms with Gasteiger partial charge in [0.2, 0.25) is 10.0 Å². The Morgan fingerprint density at radius 2 is 1.80 bits per heavy atom. The molecule has 0 aliphatic heterocycles. The van der Waals surface area contributed by atoms with Crippen molar-refractivity contribution in [2.45, 2.75) is 18.4 Å². The van der Waals surface area contributed by atoms with Crippen molar-refractivity contribution < 1.29 is 23.1 Å². The minimum absolute atomic E-state index is 0.0251. The summed E-state index contributed by atoms with van der Waals surface area (Å²) in [6.45, 7) is 1.48. The number of benzene rings is 3. The lowest BCUT2D eigenvalue weighted by molar-refractivity contribution is -0.121. The van der Waals surface area contributed by atoms with Crippen LogP contribution in [0, 0.1) is 0 Å². The van der Waals surface area contributed by atoms with Gasteiger partial charge in [-0.2, -0.15) is 9.41 Å². The van der Waals surface area contributed by atoms with Gasteiger partial charge in [0.05, 0.1) is 24.3 Å². The molecule has 0 aliphatic rings. The number of phenols is 1. The highest BCUT2D eigenvalue weighted by Crippen LogP contribution is 2.28. The number of hydrogen-bond acceptors (Lipinski definition) is 6. The number of ether oxygens (including phenoxy) is 1. The van der Waals surface area contributed by atoms with Crippen LogP contribution in [0.2, 0.25) is 10.0 Å². The zero-order valence-electron chi connectivity index (χ0n) is 18.7. The van der Waals surface area contributed by atoms with Gasteiger partial charge in [-0.25, -0.2) is 13.8 Å². The number of nitrogens with one attached hydrogen (secondary N) is 1. The molecule has 8 nitrogen and oxygen atoms in total. The van der Waals surface area contributed by atoms with Gasteiger partial charge >= 0.3 is 0 Å². The monoisotopic (exact) mass is 535 g/mol. The lowest BCUT2D eigenvalue weighted by Gasteiger charge is -2.22. The minimum Gasteiger partial charge on any atom is -0.504 e. The van der Waals surface area contributed by atoms with E-state index in [-0.39, 0.29) is 22.9 Å². The van der Waals surface area contributed by atoms with Gasteiger partial charge in [-0.15, -0.1) is 0 Å². The lowest BCUT2D eigenvalue weighted by Crippen LogP contribution is -2.39. The van der Waals surface area contributed by atoms with Gasteiger partial charge in [-0.3, -0.25) is 4.79 Å². The molecule has 0 aliphatic carbocycles. The summed E-state index contributed by atoms with van der Waals surface area (Å²) in [6, 6.07) is 17.2. The summed E-state index contributed by atoms with van der Waals surface area (Å²) in [4.78, 5) is 12.6. The summed E-state index contributed by atoms with van der Waals surface area (Å²) in [6.07, 6.45) is 1.24. The van der Waals surface area contributed by atoms with E-state index in [1.54, 1.807) is 49.4 Å². The van der Waals surface area contributed by atoms with Crippen LogP contribution in [0.15, 0.2) is 76.7 Å². The van der Waals surface area contributed by atoms with Gasteiger partial charge in [0, 0.05) is 22.2 Å². The highest BCUT2D eigenvalue weighted by molar-refractivity contribution is 7.89. The maximum atomic E-state index is 13.3. The predicted molar refractivity (Wildman–Crippen MR) is 136 cm³/mol. The molecule has 0 spiro atoms. The molecule has 3 rings (SSSR count). The molecule has 0 saturated carbocycles. The maximum absolute atomic E-state index is 13.3. The van der Waals surface area contributed by atoms with Crippen molar-refractivity contribution in [3.8, 4) is 11.5 Å². The third kappa shape index (κ3) is 6.95. The van der Waals surface area contributed by atoms with Crippen LogP contribution in [0.5, 0.6) is 11.5 Å². The van der Waals surface area contributed by atoms with Crippen molar-refractivity contribution in [3.05, 3.63) is 87.9 Å². The number of carbonyl (C=O) groups excluding carboxylic acids is 1. The van der Waals surface area contributed by atoms with Gasteiger partial charge < -0.3 is 9.84 Å². The molecule has 3 aromatic rings. The van der Waals surface area contributed by atoms with Crippen LogP contribution < -0.4 is 10.2 Å². The second kappa shape index (κ2) is 12.0. The molecule has 0 unspecified atom stereocenters. The Morgan fingerprint density at radius 3 is 2.49 bits per heavy atom. The van der Waals surface area contributed by atoms with Crippen LogP contribution in [-0.4, -0.2) is 43.1 Å². The van der Waals surface area contributed by atoms with Gasteiger partial charge in [-0.1, -0.05) is 47.5 Å². The van der Waals surface area contributed by atoms with E-state index < -0.39 is 22.5 Å². The first kappa shape index (κ1) is 26.5. The van der Waals surface area contributed by atoms with Crippen LogP contribution in [0.25, 0.3) is 0 Å². The second-order valence-corrected chi connectivity index (χ2v) is 10.0. The normalized spacial score (nSPS) is 11.7. The van der Waals surface area contributed by atoms with Crippen molar-refractivity contribution in [1.29, 1.82) is 0 Å². The molecular formula is C24H23Cl2N3O5S. The number of carbonyl (C=O) groups is 1. The van der Waals surface area contributed by atoms with Crippen LogP contribution in [0.4, 0.5) is 0 Å². The summed E-state index contributed by atoms with van der Waals surface area (Å²) < 4.78 is 32.9. The fraction of sp³-hybridized carbons (Fsp3) is 0.167. The molecular weight excluding hydrogens is 513 g/mol. The molecule has 0 atom stereocenters. The largest absolute Gasteiger partial charge is 0.504 e. The molecule has 0 aromatic heterocycles. The number of hydrazone groups is 1. The zero-order chi connectivity index (χ0) is 25.4. The summed E-state index contributed by atoms with van der Waals surface area (Å²) in [5.74, 6) is -0.535. The van der Waals surface area contributed by atoms with Gasteiger partial charge in [0.25, 0.3) is 5.91 Å². The molecule has 0 saturated heterocycles. The third-order valence-corrected chi connectivity index (χ3v) is 7.23. The summed E-state index contributed by atoms with van der Waals surface area (Å²) in [5, 5.41) is 14.8. The molecule has 11 heteroatoms. The number of aromatic hydroxyl groups is 1. The van der Waals surface area contributed by atoms with Crippen molar-refractivity contribution >= 4 is 45.3 Å². The number of rotatable bonds is 10. The molecule has 184 valence electrons. The molecule has 2 N–H and O–H groups in total. The molecule has 1 amide bonds. The Bertz CT molecular complexity index is 1310. The lowest BCUT2D eigenvalue weighted by atomic mass is 10.2. The SMILES string of the molecule is CCOc1cccc(/C=N\NC(=O)CN(Cc2ccccc2Cl)S(=O)(=O)c2ccc(Cl)cc2)c1O. The Kier molecular flexibility index (Phi) is 9.11. The van der Waals surface area contributed by atoms with Crippen LogP contribution in [-0.2, 0) is 21.4 Å². The van der Waals surface area contributed by atoms with Crippen molar-refractivity contribution in [2.24, 2.45) is 5.10 Å². The number of halogens is 2. The maximum Gasteiger partial charge on any atom is 0.255 e. The predicted octanol–water partition coefficient (Wildman–Crippen LogP) is 4.44. The molecule has 0 fully saturated rings. The molecule has 35 heavy (non-hydrogen) atoms. The van der Waals surface area contributed by atoms with Gasteiger partial charge in [-0.05, 0) is 55.0 Å². The number of hydrogen-bond donors (Lipinski definition) is 2. The number of phenolic OH excluding ortho intramolecular Hbond substituents is 1. The van der Waals surface area contributed by atoms with Crippen LogP contribution >= 0.6 is 23.2 Å². The fourth-order valence-corrected chi connectivity index (χ4v) is 4.78. The minimum atomic E-state index is -4.08. The van der Waals surface area contributed by atoms with E-state index in [2.05, 4.69) is 10.5 Å². The number of amides is 1. The number of para-hydroxylation sites is 1. The Hall–Kier alpha value is -3.11. The van der Waals surface area contributed by atoms with E-state index in [0.29, 0.717) is 27.8 Å². The van der Waals surface area contributed by atoms with Gasteiger partial charge in [0.1, 0.15) is 0 Å². The number of sulfonamides is 1. The van der Waals surface area contributed by atoms with E-state index >= 15 is 0 Å². The number of nitrogens with zero attached hydrogens (tertiary/aromatic N) is 2. The Labute approximate surface area is 213 Å². The smallest absolute Gasteiger partial charge is 0.255 e. The molecule has 0 radical (unpaired) electrons. The average Bonchev–Trinajstić information content (AvgIpc) is 2.82. The van der Waals surface area contributed by atoms with E-state index in [1.165, 1.54) is 30.5 Å². The second-order valence-electron chi connectivity index (χ2n) is 7.24. The Morgan fingerprint density at radius 1 is 1.09 bits per heavy atom. The molecule has 0 heterocycles. The Balaban J connectivity index is 1.80. The average molecular weight is 536 g/mol. The van der Waals surface area contributed by atoms with E-state index in [4.69, 9.17) is 27.9 Å². The highest BCUT2D eigenvalue weighted by atomic mass is 35.5. The van der Waals surface area contributed by atoms with Crippen LogP contribution in [0.1, 0.15) is 18.1 Å². The summed E-state index contributed by atoms with van der Waals surface area (Å²) in [5.41, 5.74) is 3.14.